The number of hydrogen-bond acceptors (Lipinski definition) is 3. The van der Waals surface area contributed by atoms with Crippen molar-refractivity contribution in [2.75, 3.05) is 0 Å². The lowest BCUT2D eigenvalue weighted by atomic mass is 9.76. The summed E-state index contributed by atoms with van der Waals surface area (Å²) in [6.45, 7) is 8.54. The van der Waals surface area contributed by atoms with E-state index in [4.69, 9.17) is 0 Å². The smallest absolute Gasteiger partial charge is 0.339 e. The molecule has 1 saturated carbocycles. The number of carbonyl (C=O) groups is 1. The van der Waals surface area contributed by atoms with Gasteiger partial charge in [0.2, 0.25) is 0 Å². The van der Waals surface area contributed by atoms with Gasteiger partial charge in [-0.05, 0) is 43.4 Å². The molecule has 0 bridgehead atoms. The van der Waals surface area contributed by atoms with E-state index in [1.807, 2.05) is 13.8 Å². The molecule has 1 heterocycles. The molecule has 1 aliphatic carbocycles. The molecule has 4 heteroatoms. The van der Waals surface area contributed by atoms with Crippen molar-refractivity contribution in [2.45, 2.75) is 65.2 Å². The van der Waals surface area contributed by atoms with Gasteiger partial charge in [0.15, 0.2) is 0 Å². The van der Waals surface area contributed by atoms with Crippen LogP contribution in [-0.2, 0) is 0 Å². The second kappa shape index (κ2) is 6.54. The predicted molar refractivity (Wildman–Crippen MR) is 82.6 cm³/mol. The van der Waals surface area contributed by atoms with Crippen LogP contribution in [-0.4, -0.2) is 21.0 Å². The molecule has 1 aromatic rings. The normalized spacial score (nSPS) is 22.8. The third kappa shape index (κ3) is 3.60. The first kappa shape index (κ1) is 15.9. The minimum atomic E-state index is -0.936. The van der Waals surface area contributed by atoms with Crippen molar-refractivity contribution < 1.29 is 9.90 Å². The van der Waals surface area contributed by atoms with E-state index in [2.05, 4.69) is 23.8 Å². The fourth-order valence-electron chi connectivity index (χ4n) is 3.25. The number of carboxylic acids is 1. The molecule has 0 amide bonds. The van der Waals surface area contributed by atoms with Crippen molar-refractivity contribution in [3.05, 3.63) is 23.3 Å². The molecule has 1 N–H and O–H groups in total. The van der Waals surface area contributed by atoms with E-state index in [0.29, 0.717) is 11.6 Å². The Balaban J connectivity index is 2.18. The molecule has 2 rings (SSSR count). The van der Waals surface area contributed by atoms with E-state index in [-0.39, 0.29) is 11.5 Å². The summed E-state index contributed by atoms with van der Waals surface area (Å²) >= 11 is 0. The van der Waals surface area contributed by atoms with E-state index in [1.165, 1.54) is 19.0 Å². The fourth-order valence-corrected chi connectivity index (χ4v) is 3.25. The Bertz CT molecular complexity index is 504. The Morgan fingerprint density at radius 2 is 1.81 bits per heavy atom. The number of rotatable bonds is 4. The summed E-state index contributed by atoms with van der Waals surface area (Å²) < 4.78 is 0. The van der Waals surface area contributed by atoms with Crippen molar-refractivity contribution in [1.82, 2.24) is 9.97 Å². The molecule has 0 aliphatic heterocycles. The average molecular weight is 290 g/mol. The summed E-state index contributed by atoms with van der Waals surface area (Å²) in [7, 11) is 0. The molecule has 0 atom stereocenters. The first-order chi connectivity index (χ1) is 9.90. The molecular formula is C17H26N2O2. The van der Waals surface area contributed by atoms with Crippen LogP contribution in [0.25, 0.3) is 0 Å². The lowest BCUT2D eigenvalue weighted by Crippen LogP contribution is -2.20. The molecule has 0 aromatic carbocycles. The van der Waals surface area contributed by atoms with E-state index in [1.54, 1.807) is 0 Å². The topological polar surface area (TPSA) is 63.1 Å². The van der Waals surface area contributed by atoms with Gasteiger partial charge in [0, 0.05) is 12.1 Å². The van der Waals surface area contributed by atoms with Crippen LogP contribution in [0.2, 0.25) is 0 Å². The monoisotopic (exact) mass is 290 g/mol. The minimum absolute atomic E-state index is 0.102. The highest BCUT2D eigenvalue weighted by molar-refractivity contribution is 5.88. The molecule has 0 saturated heterocycles. The lowest BCUT2D eigenvalue weighted by molar-refractivity contribution is 0.0694. The van der Waals surface area contributed by atoms with Crippen LogP contribution in [0.15, 0.2) is 6.20 Å². The number of hydrogen-bond donors (Lipinski definition) is 1. The Labute approximate surface area is 127 Å². The standard InChI is InChI=1S/C17H26N2O2/c1-10(2)12-5-7-13(8-6-12)16-18-9-14(17(20)21)15(19-16)11(3)4/h9-13H,5-8H2,1-4H3,(H,20,21). The summed E-state index contributed by atoms with van der Waals surface area (Å²) in [5.74, 6) is 1.95. The SMILES string of the molecule is CC(C)c1nc(C2CCC(C(C)C)CC2)ncc1C(=O)O. The third-order valence-electron chi connectivity index (χ3n) is 4.69. The number of nitrogens with zero attached hydrogens (tertiary/aromatic N) is 2. The van der Waals surface area contributed by atoms with Gasteiger partial charge in [0.05, 0.1) is 11.3 Å². The maximum Gasteiger partial charge on any atom is 0.339 e. The molecule has 1 fully saturated rings. The zero-order valence-electron chi connectivity index (χ0n) is 13.5. The first-order valence-corrected chi connectivity index (χ1v) is 8.00. The molecule has 0 spiro atoms. The Hall–Kier alpha value is -1.45. The maximum atomic E-state index is 11.3. The molecular weight excluding hydrogens is 264 g/mol. The van der Waals surface area contributed by atoms with Crippen LogP contribution >= 0.6 is 0 Å². The van der Waals surface area contributed by atoms with E-state index >= 15 is 0 Å². The van der Waals surface area contributed by atoms with Gasteiger partial charge in [-0.15, -0.1) is 0 Å². The van der Waals surface area contributed by atoms with Crippen molar-refractivity contribution in [1.29, 1.82) is 0 Å². The Kier molecular flexibility index (Phi) is 4.96. The van der Waals surface area contributed by atoms with Gasteiger partial charge in [0.1, 0.15) is 5.82 Å². The zero-order valence-corrected chi connectivity index (χ0v) is 13.5. The highest BCUT2D eigenvalue weighted by Crippen LogP contribution is 2.37. The van der Waals surface area contributed by atoms with Crippen LogP contribution in [0, 0.1) is 11.8 Å². The molecule has 1 aromatic heterocycles. The molecule has 4 nitrogen and oxygen atoms in total. The number of carboxylic acid groups (broad SMARTS) is 1. The Morgan fingerprint density at radius 1 is 1.19 bits per heavy atom. The summed E-state index contributed by atoms with van der Waals surface area (Å²) in [4.78, 5) is 20.2. The largest absolute Gasteiger partial charge is 0.478 e. The van der Waals surface area contributed by atoms with Crippen LogP contribution in [0.4, 0.5) is 0 Å². The number of aromatic nitrogens is 2. The van der Waals surface area contributed by atoms with Gasteiger partial charge in [-0.3, -0.25) is 0 Å². The molecule has 0 unspecified atom stereocenters. The van der Waals surface area contributed by atoms with Crippen molar-refractivity contribution in [2.24, 2.45) is 11.8 Å². The van der Waals surface area contributed by atoms with Gasteiger partial charge in [0.25, 0.3) is 0 Å². The molecule has 116 valence electrons. The van der Waals surface area contributed by atoms with E-state index in [9.17, 15) is 9.90 Å². The number of aromatic carboxylic acids is 1. The van der Waals surface area contributed by atoms with E-state index in [0.717, 1.165) is 30.5 Å². The van der Waals surface area contributed by atoms with Gasteiger partial charge >= 0.3 is 5.97 Å². The highest BCUT2D eigenvalue weighted by atomic mass is 16.4. The zero-order chi connectivity index (χ0) is 15.6. The van der Waals surface area contributed by atoms with Crippen LogP contribution in [0.5, 0.6) is 0 Å². The van der Waals surface area contributed by atoms with Crippen LogP contribution < -0.4 is 0 Å². The summed E-state index contributed by atoms with van der Waals surface area (Å²) in [6, 6.07) is 0. The van der Waals surface area contributed by atoms with Crippen LogP contribution in [0.3, 0.4) is 0 Å². The lowest BCUT2D eigenvalue weighted by Gasteiger charge is -2.30. The molecule has 1 aliphatic rings. The minimum Gasteiger partial charge on any atom is -0.478 e. The van der Waals surface area contributed by atoms with Crippen molar-refractivity contribution in [3.8, 4) is 0 Å². The summed E-state index contributed by atoms with van der Waals surface area (Å²) in [5, 5.41) is 9.23. The second-order valence-corrected chi connectivity index (χ2v) is 6.84. The third-order valence-corrected chi connectivity index (χ3v) is 4.69. The summed E-state index contributed by atoms with van der Waals surface area (Å²) in [5.41, 5.74) is 0.906. The first-order valence-electron chi connectivity index (χ1n) is 8.00. The van der Waals surface area contributed by atoms with E-state index < -0.39 is 5.97 Å². The fraction of sp³-hybridized carbons (Fsp3) is 0.706. The van der Waals surface area contributed by atoms with Gasteiger partial charge in [-0.25, -0.2) is 14.8 Å². The van der Waals surface area contributed by atoms with Gasteiger partial charge < -0.3 is 5.11 Å². The quantitative estimate of drug-likeness (QED) is 0.901. The molecule has 21 heavy (non-hydrogen) atoms. The highest BCUT2D eigenvalue weighted by Gasteiger charge is 2.27. The maximum absolute atomic E-state index is 11.3. The predicted octanol–water partition coefficient (Wildman–Crippen LogP) is 4.23. The molecule has 0 radical (unpaired) electrons. The second-order valence-electron chi connectivity index (χ2n) is 6.84. The van der Waals surface area contributed by atoms with Gasteiger partial charge in [-0.2, -0.15) is 0 Å². The van der Waals surface area contributed by atoms with Crippen LogP contribution in [0.1, 0.15) is 87.1 Å². The van der Waals surface area contributed by atoms with Gasteiger partial charge in [-0.1, -0.05) is 27.7 Å². The van der Waals surface area contributed by atoms with Crippen molar-refractivity contribution >= 4 is 5.97 Å². The van der Waals surface area contributed by atoms with Crippen molar-refractivity contribution in [3.63, 3.8) is 0 Å². The average Bonchev–Trinajstić information content (AvgIpc) is 2.46. The Morgan fingerprint density at radius 3 is 2.29 bits per heavy atom. The summed E-state index contributed by atoms with van der Waals surface area (Å²) in [6.07, 6.45) is 6.18.